The molecule has 0 aromatic carbocycles. The second-order valence-electron chi connectivity index (χ2n) is 5.21. The average molecular weight is 287 g/mol. The van der Waals surface area contributed by atoms with E-state index in [4.69, 9.17) is 11.6 Å². The van der Waals surface area contributed by atoms with E-state index in [1.165, 1.54) is 11.3 Å². The number of halogens is 1. The average Bonchev–Trinajstić information content (AvgIpc) is 3.06. The molecule has 0 radical (unpaired) electrons. The van der Waals surface area contributed by atoms with E-state index in [0.29, 0.717) is 24.3 Å². The molecule has 100 valence electrons. The molecule has 3 nitrogen and oxygen atoms in total. The summed E-state index contributed by atoms with van der Waals surface area (Å²) in [5.74, 6) is 1.15. The standard InChI is InChI=1S/C13H19ClN2OS/c1-9(2)7-16(11-3-4-11)13(17)5-12-15-10(6-14)8-18-12/h8-9,11H,3-7H2,1-2H3. The van der Waals surface area contributed by atoms with E-state index >= 15 is 0 Å². The molecule has 0 atom stereocenters. The third kappa shape index (κ3) is 3.69. The Balaban J connectivity index is 1.95. The highest BCUT2D eigenvalue weighted by molar-refractivity contribution is 7.09. The number of carbonyl (C=O) groups is 1. The fourth-order valence-electron chi connectivity index (χ4n) is 1.96. The number of hydrogen-bond donors (Lipinski definition) is 0. The normalized spacial score (nSPS) is 15.1. The van der Waals surface area contributed by atoms with Gasteiger partial charge in [-0.2, -0.15) is 0 Å². The molecule has 0 aliphatic heterocycles. The smallest absolute Gasteiger partial charge is 0.229 e. The SMILES string of the molecule is CC(C)CN(C(=O)Cc1nc(CCl)cs1)C1CC1. The highest BCUT2D eigenvalue weighted by Crippen LogP contribution is 2.28. The minimum Gasteiger partial charge on any atom is -0.339 e. The third-order valence-electron chi connectivity index (χ3n) is 2.91. The maximum Gasteiger partial charge on any atom is 0.229 e. The van der Waals surface area contributed by atoms with E-state index < -0.39 is 0 Å². The molecule has 0 bridgehead atoms. The van der Waals surface area contributed by atoms with E-state index in [0.717, 1.165) is 30.1 Å². The molecule has 0 unspecified atom stereocenters. The lowest BCUT2D eigenvalue weighted by Crippen LogP contribution is -2.37. The maximum atomic E-state index is 12.3. The Morgan fingerprint density at radius 3 is 2.83 bits per heavy atom. The van der Waals surface area contributed by atoms with Crippen LogP contribution in [0.25, 0.3) is 0 Å². The minimum absolute atomic E-state index is 0.210. The van der Waals surface area contributed by atoms with Crippen LogP contribution in [0, 0.1) is 5.92 Å². The van der Waals surface area contributed by atoms with Gasteiger partial charge in [-0.05, 0) is 18.8 Å². The molecule has 1 aliphatic rings. The summed E-state index contributed by atoms with van der Waals surface area (Å²) in [6.07, 6.45) is 2.73. The summed E-state index contributed by atoms with van der Waals surface area (Å²) >= 11 is 7.25. The van der Waals surface area contributed by atoms with Gasteiger partial charge in [-0.25, -0.2) is 4.98 Å². The van der Waals surface area contributed by atoms with Crippen LogP contribution >= 0.6 is 22.9 Å². The Hall–Kier alpha value is -0.610. The Morgan fingerprint density at radius 2 is 2.33 bits per heavy atom. The number of aromatic nitrogens is 1. The topological polar surface area (TPSA) is 33.2 Å². The molecule has 1 saturated carbocycles. The van der Waals surface area contributed by atoms with Crippen molar-refractivity contribution in [1.29, 1.82) is 0 Å². The monoisotopic (exact) mass is 286 g/mol. The molecule has 1 aromatic heterocycles. The lowest BCUT2D eigenvalue weighted by Gasteiger charge is -2.24. The van der Waals surface area contributed by atoms with Crippen LogP contribution in [0.3, 0.4) is 0 Å². The summed E-state index contributed by atoms with van der Waals surface area (Å²) in [7, 11) is 0. The minimum atomic E-state index is 0.210. The summed E-state index contributed by atoms with van der Waals surface area (Å²) in [5.41, 5.74) is 0.867. The van der Waals surface area contributed by atoms with Crippen molar-refractivity contribution >= 4 is 28.8 Å². The molecule has 0 N–H and O–H groups in total. The van der Waals surface area contributed by atoms with Crippen molar-refractivity contribution in [3.05, 3.63) is 16.1 Å². The van der Waals surface area contributed by atoms with Crippen molar-refractivity contribution in [1.82, 2.24) is 9.88 Å². The Bertz CT molecular complexity index is 415. The van der Waals surface area contributed by atoms with Gasteiger partial charge >= 0.3 is 0 Å². The van der Waals surface area contributed by atoms with Gasteiger partial charge in [0.2, 0.25) is 5.91 Å². The van der Waals surface area contributed by atoms with E-state index in [1.54, 1.807) is 0 Å². The number of amides is 1. The largest absolute Gasteiger partial charge is 0.339 e. The van der Waals surface area contributed by atoms with Crippen molar-refractivity contribution in [2.24, 2.45) is 5.92 Å². The molecule has 1 fully saturated rings. The van der Waals surface area contributed by atoms with Gasteiger partial charge in [0, 0.05) is 18.0 Å². The first-order chi connectivity index (χ1) is 8.60. The fraction of sp³-hybridized carbons (Fsp3) is 0.692. The highest BCUT2D eigenvalue weighted by Gasteiger charge is 2.32. The van der Waals surface area contributed by atoms with Crippen molar-refractivity contribution in [3.63, 3.8) is 0 Å². The molecule has 1 aromatic rings. The number of carbonyl (C=O) groups excluding carboxylic acids is 1. The molecular weight excluding hydrogens is 268 g/mol. The van der Waals surface area contributed by atoms with Crippen molar-refractivity contribution < 1.29 is 4.79 Å². The van der Waals surface area contributed by atoms with E-state index in [1.807, 2.05) is 10.3 Å². The summed E-state index contributed by atoms with van der Waals surface area (Å²) in [6, 6.07) is 0.479. The first-order valence-corrected chi connectivity index (χ1v) is 7.80. The van der Waals surface area contributed by atoms with Crippen LogP contribution in [0.5, 0.6) is 0 Å². The zero-order chi connectivity index (χ0) is 13.1. The summed E-state index contributed by atoms with van der Waals surface area (Å²) in [6.45, 7) is 5.16. The second kappa shape index (κ2) is 6.02. The van der Waals surface area contributed by atoms with Crippen molar-refractivity contribution in [2.75, 3.05) is 6.54 Å². The van der Waals surface area contributed by atoms with Gasteiger partial charge in [-0.1, -0.05) is 13.8 Å². The van der Waals surface area contributed by atoms with E-state index in [2.05, 4.69) is 18.8 Å². The van der Waals surface area contributed by atoms with Crippen molar-refractivity contribution in [2.45, 2.75) is 45.0 Å². The van der Waals surface area contributed by atoms with E-state index in [9.17, 15) is 4.79 Å². The predicted molar refractivity (Wildman–Crippen MR) is 74.9 cm³/mol. The van der Waals surface area contributed by atoms with Gasteiger partial charge in [0.05, 0.1) is 18.0 Å². The van der Waals surface area contributed by atoms with Crippen LogP contribution in [0.2, 0.25) is 0 Å². The molecular formula is C13H19ClN2OS. The van der Waals surface area contributed by atoms with Crippen LogP contribution in [-0.2, 0) is 17.1 Å². The Labute approximate surface area is 117 Å². The third-order valence-corrected chi connectivity index (χ3v) is 4.08. The first kappa shape index (κ1) is 13.8. The molecule has 1 aliphatic carbocycles. The lowest BCUT2D eigenvalue weighted by atomic mass is 10.2. The summed E-state index contributed by atoms with van der Waals surface area (Å²) in [4.78, 5) is 18.7. The zero-order valence-electron chi connectivity index (χ0n) is 10.9. The second-order valence-corrected chi connectivity index (χ2v) is 6.42. The number of hydrogen-bond acceptors (Lipinski definition) is 3. The molecule has 18 heavy (non-hydrogen) atoms. The van der Waals surface area contributed by atoms with Gasteiger partial charge in [-0.3, -0.25) is 4.79 Å². The highest BCUT2D eigenvalue weighted by atomic mass is 35.5. The Morgan fingerprint density at radius 1 is 1.61 bits per heavy atom. The summed E-state index contributed by atoms with van der Waals surface area (Å²) in [5, 5.41) is 2.81. The fourth-order valence-corrected chi connectivity index (χ4v) is 2.97. The van der Waals surface area contributed by atoms with Gasteiger partial charge < -0.3 is 4.90 Å². The molecule has 2 rings (SSSR count). The molecule has 1 heterocycles. The number of alkyl halides is 1. The quantitative estimate of drug-likeness (QED) is 0.753. The molecule has 0 saturated heterocycles. The number of nitrogens with zero attached hydrogens (tertiary/aromatic N) is 2. The van der Waals surface area contributed by atoms with Gasteiger partial charge in [0.15, 0.2) is 0 Å². The zero-order valence-corrected chi connectivity index (χ0v) is 12.4. The van der Waals surface area contributed by atoms with Gasteiger partial charge in [-0.15, -0.1) is 22.9 Å². The van der Waals surface area contributed by atoms with Crippen LogP contribution < -0.4 is 0 Å². The maximum absolute atomic E-state index is 12.3. The number of thiazole rings is 1. The number of rotatable bonds is 6. The predicted octanol–water partition coefficient (Wildman–Crippen LogP) is 3.07. The van der Waals surface area contributed by atoms with Crippen LogP contribution in [0.1, 0.15) is 37.4 Å². The van der Waals surface area contributed by atoms with Crippen molar-refractivity contribution in [3.8, 4) is 0 Å². The van der Waals surface area contributed by atoms with Gasteiger partial charge in [0.1, 0.15) is 5.01 Å². The summed E-state index contributed by atoms with van der Waals surface area (Å²) < 4.78 is 0. The molecule has 1 amide bonds. The molecule has 0 spiro atoms. The molecule has 5 heteroatoms. The van der Waals surface area contributed by atoms with Crippen LogP contribution in [0.15, 0.2) is 5.38 Å². The van der Waals surface area contributed by atoms with Crippen LogP contribution in [0.4, 0.5) is 0 Å². The van der Waals surface area contributed by atoms with Gasteiger partial charge in [0.25, 0.3) is 0 Å². The lowest BCUT2D eigenvalue weighted by molar-refractivity contribution is -0.131. The Kier molecular flexibility index (Phi) is 4.62. The first-order valence-electron chi connectivity index (χ1n) is 6.39. The van der Waals surface area contributed by atoms with E-state index in [-0.39, 0.29) is 5.91 Å². The van der Waals surface area contributed by atoms with Crippen LogP contribution in [-0.4, -0.2) is 28.4 Å².